The van der Waals surface area contributed by atoms with Gasteiger partial charge in [-0.05, 0) is 0 Å². The van der Waals surface area contributed by atoms with E-state index in [1.54, 1.807) is 0 Å². The first-order valence-corrected chi connectivity index (χ1v) is 2.86. The standard InChI is InChI=1S/C5H8O5/c6-4-2-9-1-3(4)5(7)10-8/h3-4,6,8H,1-2H2/t3-,4-/m1/s1. The summed E-state index contributed by atoms with van der Waals surface area (Å²) >= 11 is 0. The maximum absolute atomic E-state index is 10.5. The van der Waals surface area contributed by atoms with Crippen molar-refractivity contribution in [2.24, 2.45) is 5.92 Å². The molecule has 1 aliphatic rings. The molecule has 0 aromatic carbocycles. The number of rotatable bonds is 1. The topological polar surface area (TPSA) is 76.0 Å². The van der Waals surface area contributed by atoms with Crippen LogP contribution in [0.25, 0.3) is 0 Å². The zero-order valence-electron chi connectivity index (χ0n) is 5.19. The maximum Gasteiger partial charge on any atom is 0.350 e. The van der Waals surface area contributed by atoms with E-state index in [1.807, 2.05) is 0 Å². The highest BCUT2D eigenvalue weighted by Crippen LogP contribution is 2.14. The summed E-state index contributed by atoms with van der Waals surface area (Å²) in [6.45, 7) is 0.236. The summed E-state index contributed by atoms with van der Waals surface area (Å²) in [5.74, 6) is -1.57. The van der Waals surface area contributed by atoms with Crippen molar-refractivity contribution in [2.75, 3.05) is 13.2 Å². The Bertz CT molecular complexity index is 134. The van der Waals surface area contributed by atoms with Gasteiger partial charge >= 0.3 is 5.97 Å². The van der Waals surface area contributed by atoms with Gasteiger partial charge in [-0.3, -0.25) is 0 Å². The number of carbonyl (C=O) groups excluding carboxylic acids is 1. The molecule has 0 unspecified atom stereocenters. The van der Waals surface area contributed by atoms with Crippen molar-refractivity contribution in [1.29, 1.82) is 0 Å². The smallest absolute Gasteiger partial charge is 0.350 e. The maximum atomic E-state index is 10.5. The molecule has 2 N–H and O–H groups in total. The van der Waals surface area contributed by atoms with Crippen LogP contribution in [-0.4, -0.2) is 35.7 Å². The van der Waals surface area contributed by atoms with Crippen LogP contribution in [0.4, 0.5) is 0 Å². The first-order chi connectivity index (χ1) is 4.75. The highest BCUT2D eigenvalue weighted by Gasteiger charge is 2.34. The second-order valence-corrected chi connectivity index (χ2v) is 2.12. The SMILES string of the molecule is O=C(OO)[C@@H]1COC[C@H]1O. The molecule has 1 saturated heterocycles. The molecular formula is C5H8O5. The van der Waals surface area contributed by atoms with Gasteiger partial charge < -0.3 is 14.7 Å². The van der Waals surface area contributed by atoms with Crippen LogP contribution < -0.4 is 0 Å². The third-order valence-electron chi connectivity index (χ3n) is 1.44. The average molecular weight is 148 g/mol. The van der Waals surface area contributed by atoms with Gasteiger partial charge in [-0.25, -0.2) is 4.79 Å². The Morgan fingerprint density at radius 2 is 2.30 bits per heavy atom. The molecule has 5 heteroatoms. The minimum Gasteiger partial charge on any atom is -0.390 e. The Morgan fingerprint density at radius 1 is 1.60 bits per heavy atom. The predicted octanol–water partition coefficient (Wildman–Crippen LogP) is -0.990. The van der Waals surface area contributed by atoms with Crippen LogP contribution in [0.1, 0.15) is 0 Å². The van der Waals surface area contributed by atoms with Crippen LogP contribution in [0, 0.1) is 5.92 Å². The third kappa shape index (κ3) is 1.26. The average Bonchev–Trinajstić information content (AvgIpc) is 2.34. The number of ether oxygens (including phenoxy) is 1. The Kier molecular flexibility index (Phi) is 2.21. The van der Waals surface area contributed by atoms with Gasteiger partial charge in [-0.1, -0.05) is 0 Å². The zero-order valence-corrected chi connectivity index (χ0v) is 5.19. The van der Waals surface area contributed by atoms with Gasteiger partial charge in [0.2, 0.25) is 0 Å². The quantitative estimate of drug-likeness (QED) is 0.369. The lowest BCUT2D eigenvalue weighted by molar-refractivity contribution is -0.240. The molecule has 0 radical (unpaired) electrons. The molecule has 1 heterocycles. The summed E-state index contributed by atoms with van der Waals surface area (Å²) in [6, 6.07) is 0. The second-order valence-electron chi connectivity index (χ2n) is 2.12. The van der Waals surface area contributed by atoms with Gasteiger partial charge in [0, 0.05) is 0 Å². The van der Waals surface area contributed by atoms with E-state index in [-0.39, 0.29) is 13.2 Å². The van der Waals surface area contributed by atoms with E-state index in [1.165, 1.54) is 0 Å². The first kappa shape index (κ1) is 7.46. The third-order valence-corrected chi connectivity index (χ3v) is 1.44. The molecule has 5 nitrogen and oxygen atoms in total. The van der Waals surface area contributed by atoms with E-state index in [4.69, 9.17) is 15.1 Å². The fraction of sp³-hybridized carbons (Fsp3) is 0.800. The van der Waals surface area contributed by atoms with E-state index in [0.717, 1.165) is 0 Å². The highest BCUT2D eigenvalue weighted by molar-refractivity contribution is 5.72. The van der Waals surface area contributed by atoms with Gasteiger partial charge in [0.25, 0.3) is 0 Å². The van der Waals surface area contributed by atoms with Crippen LogP contribution in [0.15, 0.2) is 0 Å². The predicted molar refractivity (Wildman–Crippen MR) is 29.0 cm³/mol. The van der Waals surface area contributed by atoms with Crippen molar-refractivity contribution in [3.05, 3.63) is 0 Å². The van der Waals surface area contributed by atoms with Crippen LogP contribution >= 0.6 is 0 Å². The van der Waals surface area contributed by atoms with E-state index in [0.29, 0.717) is 0 Å². The second kappa shape index (κ2) is 2.96. The van der Waals surface area contributed by atoms with Gasteiger partial charge in [0.1, 0.15) is 5.92 Å². The lowest BCUT2D eigenvalue weighted by Gasteiger charge is -2.05. The summed E-state index contributed by atoms with van der Waals surface area (Å²) in [5.41, 5.74) is 0. The molecular weight excluding hydrogens is 140 g/mol. The van der Waals surface area contributed by atoms with Gasteiger partial charge in [-0.15, -0.1) is 0 Å². The molecule has 0 aliphatic carbocycles. The van der Waals surface area contributed by atoms with Crippen LogP contribution in [0.3, 0.4) is 0 Å². The van der Waals surface area contributed by atoms with Crippen LogP contribution in [0.5, 0.6) is 0 Å². The molecule has 1 fully saturated rings. The Morgan fingerprint density at radius 3 is 2.70 bits per heavy atom. The number of carbonyl (C=O) groups is 1. The van der Waals surface area contributed by atoms with Gasteiger partial charge in [0.15, 0.2) is 0 Å². The van der Waals surface area contributed by atoms with Crippen LogP contribution in [0.2, 0.25) is 0 Å². The number of aliphatic hydroxyl groups is 1. The lowest BCUT2D eigenvalue weighted by Crippen LogP contribution is -2.27. The van der Waals surface area contributed by atoms with Crippen molar-refractivity contribution in [3.8, 4) is 0 Å². The van der Waals surface area contributed by atoms with Crippen molar-refractivity contribution < 1.29 is 24.8 Å². The van der Waals surface area contributed by atoms with E-state index in [9.17, 15) is 4.79 Å². The fourth-order valence-electron chi connectivity index (χ4n) is 0.836. The normalized spacial score (nSPS) is 32.2. The first-order valence-electron chi connectivity index (χ1n) is 2.86. The van der Waals surface area contributed by atoms with Crippen molar-refractivity contribution in [1.82, 2.24) is 0 Å². The van der Waals surface area contributed by atoms with Gasteiger partial charge in [0.05, 0.1) is 19.3 Å². The largest absolute Gasteiger partial charge is 0.390 e. The van der Waals surface area contributed by atoms with Gasteiger partial charge in [-0.2, -0.15) is 5.26 Å². The monoisotopic (exact) mass is 148 g/mol. The fourth-order valence-corrected chi connectivity index (χ4v) is 0.836. The minimum absolute atomic E-state index is 0.112. The number of aliphatic hydroxyl groups excluding tert-OH is 1. The molecule has 0 spiro atoms. The zero-order chi connectivity index (χ0) is 7.56. The Balaban J connectivity index is 2.46. The molecule has 2 atom stereocenters. The van der Waals surface area contributed by atoms with E-state index in [2.05, 4.69) is 4.89 Å². The Hall–Kier alpha value is -0.650. The van der Waals surface area contributed by atoms with E-state index >= 15 is 0 Å². The molecule has 0 aromatic heterocycles. The Labute approximate surface area is 57.1 Å². The molecule has 0 amide bonds. The number of hydrogen-bond donors (Lipinski definition) is 2. The summed E-state index contributed by atoms with van der Waals surface area (Å²) in [4.78, 5) is 13.9. The highest BCUT2D eigenvalue weighted by atomic mass is 17.1. The van der Waals surface area contributed by atoms with Crippen molar-refractivity contribution in [2.45, 2.75) is 6.10 Å². The van der Waals surface area contributed by atoms with Crippen molar-refractivity contribution in [3.63, 3.8) is 0 Å². The number of hydrogen-bond acceptors (Lipinski definition) is 5. The molecule has 0 aromatic rings. The summed E-state index contributed by atoms with van der Waals surface area (Å²) in [7, 11) is 0. The lowest BCUT2D eigenvalue weighted by atomic mass is 10.1. The van der Waals surface area contributed by atoms with Crippen LogP contribution in [-0.2, 0) is 14.4 Å². The van der Waals surface area contributed by atoms with E-state index < -0.39 is 18.0 Å². The molecule has 58 valence electrons. The molecule has 0 bridgehead atoms. The summed E-state index contributed by atoms with van der Waals surface area (Å²) in [5, 5.41) is 16.9. The molecule has 1 aliphatic heterocycles. The minimum atomic E-state index is -0.848. The molecule has 0 saturated carbocycles. The summed E-state index contributed by atoms with van der Waals surface area (Å²) < 4.78 is 4.73. The van der Waals surface area contributed by atoms with Crippen molar-refractivity contribution >= 4 is 5.97 Å². The summed E-state index contributed by atoms with van der Waals surface area (Å²) in [6.07, 6.45) is -0.848. The molecule has 1 rings (SSSR count). The molecule has 10 heavy (non-hydrogen) atoms.